The van der Waals surface area contributed by atoms with Crippen molar-refractivity contribution in [3.63, 3.8) is 0 Å². The Morgan fingerprint density at radius 2 is 2.00 bits per heavy atom. The fourth-order valence-electron chi connectivity index (χ4n) is 2.66. The Balaban J connectivity index is 1.59. The molecule has 0 saturated carbocycles. The predicted octanol–water partition coefficient (Wildman–Crippen LogP) is 1.39. The summed E-state index contributed by atoms with van der Waals surface area (Å²) < 4.78 is 18.4. The highest BCUT2D eigenvalue weighted by molar-refractivity contribution is 5.76. The van der Waals surface area contributed by atoms with Crippen LogP contribution in [0.3, 0.4) is 0 Å². The zero-order chi connectivity index (χ0) is 16.5. The molecule has 2 N–H and O–H groups in total. The molecule has 0 atom stereocenters. The molecule has 0 radical (unpaired) electrons. The van der Waals surface area contributed by atoms with Crippen molar-refractivity contribution in [1.29, 1.82) is 0 Å². The highest BCUT2D eigenvalue weighted by Crippen LogP contribution is 2.13. The van der Waals surface area contributed by atoms with E-state index in [1.165, 1.54) is 12.1 Å². The molecule has 2 rings (SSSR count). The Labute approximate surface area is 137 Å². The van der Waals surface area contributed by atoms with Crippen LogP contribution >= 0.6 is 0 Å². The third kappa shape index (κ3) is 6.54. The summed E-state index contributed by atoms with van der Waals surface area (Å²) in [6, 6.07) is 6.37. The van der Waals surface area contributed by atoms with E-state index in [0.717, 1.165) is 32.5 Å². The first-order chi connectivity index (χ1) is 11.2. The molecule has 1 aliphatic rings. The van der Waals surface area contributed by atoms with Crippen molar-refractivity contribution in [2.24, 2.45) is 0 Å². The second-order valence-electron chi connectivity index (χ2n) is 5.84. The van der Waals surface area contributed by atoms with Crippen LogP contribution < -0.4 is 15.4 Å². The van der Waals surface area contributed by atoms with Crippen molar-refractivity contribution in [2.75, 3.05) is 39.8 Å². The van der Waals surface area contributed by atoms with Gasteiger partial charge >= 0.3 is 0 Å². The van der Waals surface area contributed by atoms with Gasteiger partial charge in [-0.15, -0.1) is 0 Å². The van der Waals surface area contributed by atoms with Crippen LogP contribution in [-0.2, 0) is 4.79 Å². The number of amides is 1. The van der Waals surface area contributed by atoms with Crippen LogP contribution in [0.25, 0.3) is 0 Å². The molecule has 5 nitrogen and oxygen atoms in total. The van der Waals surface area contributed by atoms with Crippen molar-refractivity contribution in [3.05, 3.63) is 30.1 Å². The molecule has 1 aromatic rings. The monoisotopic (exact) mass is 323 g/mol. The van der Waals surface area contributed by atoms with Crippen LogP contribution in [0.2, 0.25) is 0 Å². The van der Waals surface area contributed by atoms with Gasteiger partial charge < -0.3 is 15.4 Å². The fraction of sp³-hybridized carbons (Fsp3) is 0.588. The predicted molar refractivity (Wildman–Crippen MR) is 88.0 cm³/mol. The summed E-state index contributed by atoms with van der Waals surface area (Å²) in [7, 11) is 1.85. The number of rotatable bonds is 8. The van der Waals surface area contributed by atoms with Gasteiger partial charge in [-0.1, -0.05) is 0 Å². The molecule has 0 unspecified atom stereocenters. The molecule has 1 saturated heterocycles. The Kier molecular flexibility index (Phi) is 7.29. The van der Waals surface area contributed by atoms with Crippen molar-refractivity contribution < 1.29 is 13.9 Å². The second kappa shape index (κ2) is 9.47. The molecule has 0 spiro atoms. The number of ether oxygens (including phenoxy) is 1. The number of carbonyl (C=O) groups is 1. The Hall–Kier alpha value is -1.66. The van der Waals surface area contributed by atoms with Crippen molar-refractivity contribution in [2.45, 2.75) is 25.3 Å². The van der Waals surface area contributed by atoms with Crippen molar-refractivity contribution in [3.8, 4) is 5.75 Å². The number of nitrogens with zero attached hydrogens (tertiary/aromatic N) is 1. The van der Waals surface area contributed by atoms with E-state index in [0.29, 0.717) is 25.3 Å². The third-order valence-electron chi connectivity index (χ3n) is 4.04. The van der Waals surface area contributed by atoms with E-state index in [2.05, 4.69) is 15.5 Å². The standard InChI is InChI=1S/C17H26FN3O2/c1-19-9-6-17(22)20-15-7-10-21(11-8-15)12-13-23-16-4-2-14(18)3-5-16/h2-5,15,19H,6-13H2,1H3,(H,20,22). The summed E-state index contributed by atoms with van der Waals surface area (Å²) in [5.41, 5.74) is 0. The average Bonchev–Trinajstić information content (AvgIpc) is 2.56. The maximum Gasteiger partial charge on any atom is 0.221 e. The summed E-state index contributed by atoms with van der Waals surface area (Å²) in [4.78, 5) is 14.0. The second-order valence-corrected chi connectivity index (χ2v) is 5.84. The quantitative estimate of drug-likeness (QED) is 0.759. The topological polar surface area (TPSA) is 53.6 Å². The lowest BCUT2D eigenvalue weighted by Crippen LogP contribution is -2.45. The van der Waals surface area contributed by atoms with E-state index < -0.39 is 0 Å². The van der Waals surface area contributed by atoms with E-state index in [-0.39, 0.29) is 17.8 Å². The van der Waals surface area contributed by atoms with Crippen LogP contribution in [0.5, 0.6) is 5.75 Å². The minimum absolute atomic E-state index is 0.123. The van der Waals surface area contributed by atoms with Gasteiger partial charge in [0.15, 0.2) is 0 Å². The van der Waals surface area contributed by atoms with Crippen molar-refractivity contribution in [1.82, 2.24) is 15.5 Å². The molecule has 0 aromatic heterocycles. The Morgan fingerprint density at radius 1 is 1.30 bits per heavy atom. The van der Waals surface area contributed by atoms with Gasteiger partial charge in [0.1, 0.15) is 18.2 Å². The Bertz CT molecular complexity index is 473. The third-order valence-corrected chi connectivity index (χ3v) is 4.04. The van der Waals surface area contributed by atoms with E-state index in [4.69, 9.17) is 4.74 Å². The van der Waals surface area contributed by atoms with Crippen LogP contribution in [-0.4, -0.2) is 56.7 Å². The smallest absolute Gasteiger partial charge is 0.221 e. The summed E-state index contributed by atoms with van der Waals surface area (Å²) in [5, 5.41) is 6.07. The van der Waals surface area contributed by atoms with Crippen molar-refractivity contribution >= 4 is 5.91 Å². The molecule has 1 amide bonds. The Morgan fingerprint density at radius 3 is 2.65 bits per heavy atom. The summed E-state index contributed by atoms with van der Waals surface area (Å²) >= 11 is 0. The largest absolute Gasteiger partial charge is 0.492 e. The maximum absolute atomic E-state index is 12.8. The molecule has 0 bridgehead atoms. The number of halogens is 1. The summed E-state index contributed by atoms with van der Waals surface area (Å²) in [6.07, 6.45) is 2.48. The number of piperidine rings is 1. The molecular weight excluding hydrogens is 297 g/mol. The molecule has 1 fully saturated rings. The lowest BCUT2D eigenvalue weighted by Gasteiger charge is -2.32. The first-order valence-corrected chi connectivity index (χ1v) is 8.22. The van der Waals surface area contributed by atoms with Gasteiger partial charge in [0.05, 0.1) is 0 Å². The fourth-order valence-corrected chi connectivity index (χ4v) is 2.66. The zero-order valence-corrected chi connectivity index (χ0v) is 13.7. The van der Waals surface area contributed by atoms with E-state index in [1.807, 2.05) is 7.05 Å². The molecule has 1 aromatic carbocycles. The lowest BCUT2D eigenvalue weighted by atomic mass is 10.0. The van der Waals surface area contributed by atoms with Gasteiger partial charge in [-0.05, 0) is 44.2 Å². The van der Waals surface area contributed by atoms with Gasteiger partial charge in [0.25, 0.3) is 0 Å². The van der Waals surface area contributed by atoms with E-state index in [1.54, 1.807) is 12.1 Å². The van der Waals surface area contributed by atoms with Crippen LogP contribution in [0.4, 0.5) is 4.39 Å². The first kappa shape index (κ1) is 17.7. The number of carbonyl (C=O) groups excluding carboxylic acids is 1. The molecule has 23 heavy (non-hydrogen) atoms. The summed E-state index contributed by atoms with van der Waals surface area (Å²) in [5.74, 6) is 0.562. The van der Waals surface area contributed by atoms with Crippen LogP contribution in [0.1, 0.15) is 19.3 Å². The zero-order valence-electron chi connectivity index (χ0n) is 13.7. The average molecular weight is 323 g/mol. The highest BCUT2D eigenvalue weighted by Gasteiger charge is 2.20. The lowest BCUT2D eigenvalue weighted by molar-refractivity contribution is -0.122. The van der Waals surface area contributed by atoms with Crippen LogP contribution in [0, 0.1) is 5.82 Å². The van der Waals surface area contributed by atoms with E-state index >= 15 is 0 Å². The number of likely N-dealkylation sites (tertiary alicyclic amines) is 1. The van der Waals surface area contributed by atoms with E-state index in [9.17, 15) is 9.18 Å². The van der Waals surface area contributed by atoms with Gasteiger partial charge in [0, 0.05) is 38.6 Å². The van der Waals surface area contributed by atoms with Gasteiger partial charge in [-0.25, -0.2) is 4.39 Å². The minimum atomic E-state index is -0.254. The maximum atomic E-state index is 12.8. The van der Waals surface area contributed by atoms with Crippen LogP contribution in [0.15, 0.2) is 24.3 Å². The molecule has 6 heteroatoms. The minimum Gasteiger partial charge on any atom is -0.492 e. The SMILES string of the molecule is CNCCC(=O)NC1CCN(CCOc2ccc(F)cc2)CC1. The highest BCUT2D eigenvalue weighted by atomic mass is 19.1. The number of nitrogens with one attached hydrogen (secondary N) is 2. The number of hydrogen-bond acceptors (Lipinski definition) is 4. The molecular formula is C17H26FN3O2. The number of benzene rings is 1. The molecule has 1 heterocycles. The molecule has 0 aliphatic carbocycles. The molecule has 1 aliphatic heterocycles. The van der Waals surface area contributed by atoms with Gasteiger partial charge in [-0.3, -0.25) is 9.69 Å². The first-order valence-electron chi connectivity index (χ1n) is 8.22. The van der Waals surface area contributed by atoms with Gasteiger partial charge in [-0.2, -0.15) is 0 Å². The number of hydrogen-bond donors (Lipinski definition) is 2. The van der Waals surface area contributed by atoms with Gasteiger partial charge in [0.2, 0.25) is 5.91 Å². The normalized spacial score (nSPS) is 16.3. The summed E-state index contributed by atoms with van der Waals surface area (Å²) in [6.45, 7) is 4.07. The molecule has 128 valence electrons.